The summed E-state index contributed by atoms with van der Waals surface area (Å²) < 4.78 is 10.1. The topological polar surface area (TPSA) is 96.2 Å². The van der Waals surface area contributed by atoms with Gasteiger partial charge in [0.1, 0.15) is 0 Å². The highest BCUT2D eigenvalue weighted by atomic mass is 16.7. The first-order valence-corrected chi connectivity index (χ1v) is 5.70. The molecule has 1 aromatic heterocycles. The number of anilines is 1. The first-order chi connectivity index (χ1) is 9.13. The number of benzene rings is 1. The number of fused-ring (bicyclic) bond motifs is 1. The molecule has 7 heteroatoms. The van der Waals surface area contributed by atoms with E-state index in [4.69, 9.17) is 9.47 Å². The van der Waals surface area contributed by atoms with Gasteiger partial charge in [0.2, 0.25) is 0 Å². The van der Waals surface area contributed by atoms with Gasteiger partial charge >= 0.3 is 11.1 Å². The molecule has 0 bridgehead atoms. The summed E-state index contributed by atoms with van der Waals surface area (Å²) in [5.74, 6) is 0. The zero-order valence-electron chi connectivity index (χ0n) is 10.6. The van der Waals surface area contributed by atoms with Crippen molar-refractivity contribution >= 4 is 16.7 Å². The number of nitrogens with one attached hydrogen (secondary N) is 3. The van der Waals surface area contributed by atoms with Crippen LogP contribution in [0, 0.1) is 0 Å². The Bertz CT molecular complexity index is 672. The van der Waals surface area contributed by atoms with Crippen LogP contribution >= 0.6 is 0 Å². The molecule has 0 radical (unpaired) electrons. The maximum Gasteiger partial charge on any atom is 0.314 e. The Hall–Kier alpha value is -2.12. The van der Waals surface area contributed by atoms with Crippen molar-refractivity contribution in [3.05, 3.63) is 38.9 Å². The zero-order valence-corrected chi connectivity index (χ0v) is 10.6. The number of hydrogen-bond donors (Lipinski definition) is 3. The summed E-state index contributed by atoms with van der Waals surface area (Å²) in [6.45, 7) is 0.464. The summed E-state index contributed by atoms with van der Waals surface area (Å²) >= 11 is 0. The normalized spacial score (nSPS) is 11.1. The Balaban J connectivity index is 2.24. The molecule has 0 saturated carbocycles. The van der Waals surface area contributed by atoms with Crippen LogP contribution in [0.4, 0.5) is 5.69 Å². The van der Waals surface area contributed by atoms with Gasteiger partial charge in [0.15, 0.2) is 6.29 Å². The van der Waals surface area contributed by atoms with Gasteiger partial charge in [-0.1, -0.05) is 0 Å². The summed E-state index contributed by atoms with van der Waals surface area (Å²) in [5, 5.41) is 3.11. The Labute approximate surface area is 108 Å². The van der Waals surface area contributed by atoms with E-state index >= 15 is 0 Å². The highest BCUT2D eigenvalue weighted by molar-refractivity contribution is 5.78. The number of aromatic nitrogens is 2. The van der Waals surface area contributed by atoms with Crippen LogP contribution in [-0.4, -0.2) is 37.0 Å². The standard InChI is InChI=1S/C12H15N3O4/c1-18-10(19-2)6-13-7-3-4-8-9(5-7)15-12(17)11(16)14-8/h3-5,10,13H,6H2,1-2H3,(H,14,16)(H,15,17). The molecule has 0 atom stereocenters. The summed E-state index contributed by atoms with van der Waals surface area (Å²) in [6.07, 6.45) is -0.356. The van der Waals surface area contributed by atoms with Gasteiger partial charge < -0.3 is 24.8 Å². The lowest BCUT2D eigenvalue weighted by molar-refractivity contribution is -0.0914. The fraction of sp³-hybridized carbons (Fsp3) is 0.333. The van der Waals surface area contributed by atoms with Crippen LogP contribution < -0.4 is 16.4 Å². The first kappa shape index (κ1) is 13.3. The van der Waals surface area contributed by atoms with Crippen LogP contribution in [0.15, 0.2) is 27.8 Å². The van der Waals surface area contributed by atoms with Gasteiger partial charge in [0, 0.05) is 19.9 Å². The van der Waals surface area contributed by atoms with Crippen LogP contribution in [0.2, 0.25) is 0 Å². The summed E-state index contributed by atoms with van der Waals surface area (Å²) in [6, 6.07) is 5.23. The van der Waals surface area contributed by atoms with E-state index in [0.29, 0.717) is 17.6 Å². The van der Waals surface area contributed by atoms with Crippen molar-refractivity contribution in [1.82, 2.24) is 9.97 Å². The Morgan fingerprint density at radius 1 is 1.11 bits per heavy atom. The van der Waals surface area contributed by atoms with Crippen LogP contribution in [0.3, 0.4) is 0 Å². The predicted molar refractivity (Wildman–Crippen MR) is 71.5 cm³/mol. The van der Waals surface area contributed by atoms with Gasteiger partial charge in [0.05, 0.1) is 17.6 Å². The van der Waals surface area contributed by atoms with E-state index in [1.807, 2.05) is 0 Å². The summed E-state index contributed by atoms with van der Waals surface area (Å²) in [4.78, 5) is 27.4. The third-order valence-corrected chi connectivity index (χ3v) is 2.72. The third kappa shape index (κ3) is 3.01. The number of methoxy groups -OCH3 is 2. The van der Waals surface area contributed by atoms with Crippen LogP contribution in [0.25, 0.3) is 11.0 Å². The molecular formula is C12H15N3O4. The summed E-state index contributed by atoms with van der Waals surface area (Å²) in [7, 11) is 3.11. The molecule has 0 aliphatic heterocycles. The maximum absolute atomic E-state index is 11.2. The molecule has 19 heavy (non-hydrogen) atoms. The average Bonchev–Trinajstić information content (AvgIpc) is 2.41. The minimum Gasteiger partial charge on any atom is -0.380 e. The maximum atomic E-state index is 11.2. The van der Waals surface area contributed by atoms with Crippen molar-refractivity contribution in [1.29, 1.82) is 0 Å². The highest BCUT2D eigenvalue weighted by Gasteiger charge is 2.05. The van der Waals surface area contributed by atoms with Crippen molar-refractivity contribution in [2.75, 3.05) is 26.1 Å². The number of rotatable bonds is 5. The zero-order chi connectivity index (χ0) is 13.8. The molecule has 0 aliphatic rings. The van der Waals surface area contributed by atoms with Crippen molar-refractivity contribution in [2.24, 2.45) is 0 Å². The lowest BCUT2D eigenvalue weighted by Crippen LogP contribution is -2.29. The van der Waals surface area contributed by atoms with Gasteiger partial charge in [-0.25, -0.2) is 0 Å². The van der Waals surface area contributed by atoms with Gasteiger partial charge in [-0.05, 0) is 18.2 Å². The Morgan fingerprint density at radius 3 is 2.37 bits per heavy atom. The molecule has 102 valence electrons. The van der Waals surface area contributed by atoms with Gasteiger partial charge in [-0.3, -0.25) is 9.59 Å². The lowest BCUT2D eigenvalue weighted by atomic mass is 10.2. The molecule has 2 rings (SSSR count). The Kier molecular flexibility index (Phi) is 3.98. The van der Waals surface area contributed by atoms with E-state index in [1.165, 1.54) is 0 Å². The second kappa shape index (κ2) is 5.68. The molecule has 3 N–H and O–H groups in total. The predicted octanol–water partition coefficient (Wildman–Crippen LogP) is 0.247. The van der Waals surface area contributed by atoms with E-state index in [1.54, 1.807) is 32.4 Å². The second-order valence-electron chi connectivity index (χ2n) is 3.95. The van der Waals surface area contributed by atoms with Crippen LogP contribution in [0.5, 0.6) is 0 Å². The number of hydrogen-bond acceptors (Lipinski definition) is 5. The highest BCUT2D eigenvalue weighted by Crippen LogP contribution is 2.13. The monoisotopic (exact) mass is 265 g/mol. The van der Waals surface area contributed by atoms with Crippen molar-refractivity contribution in [3.63, 3.8) is 0 Å². The van der Waals surface area contributed by atoms with Crippen molar-refractivity contribution < 1.29 is 9.47 Å². The molecule has 2 aromatic rings. The number of aromatic amines is 2. The smallest absolute Gasteiger partial charge is 0.314 e. The van der Waals surface area contributed by atoms with Gasteiger partial charge in [0.25, 0.3) is 0 Å². The molecule has 0 saturated heterocycles. The molecule has 1 aromatic carbocycles. The van der Waals surface area contributed by atoms with E-state index < -0.39 is 11.1 Å². The molecule has 0 amide bonds. The average molecular weight is 265 g/mol. The Morgan fingerprint density at radius 2 is 1.74 bits per heavy atom. The molecule has 0 spiro atoms. The quantitative estimate of drug-likeness (QED) is 0.532. The minimum absolute atomic E-state index is 0.356. The van der Waals surface area contributed by atoms with Crippen LogP contribution in [-0.2, 0) is 9.47 Å². The largest absolute Gasteiger partial charge is 0.380 e. The number of H-pyrrole nitrogens is 2. The molecular weight excluding hydrogens is 250 g/mol. The SMILES string of the molecule is COC(CNc1ccc2[nH]c(=O)c(=O)[nH]c2c1)OC. The molecule has 7 nitrogen and oxygen atoms in total. The first-order valence-electron chi connectivity index (χ1n) is 5.70. The van der Waals surface area contributed by atoms with E-state index in [0.717, 1.165) is 5.69 Å². The van der Waals surface area contributed by atoms with E-state index in [9.17, 15) is 9.59 Å². The second-order valence-corrected chi connectivity index (χ2v) is 3.95. The summed E-state index contributed by atoms with van der Waals surface area (Å²) in [5.41, 5.74) is 0.587. The minimum atomic E-state index is -0.670. The van der Waals surface area contributed by atoms with E-state index in [2.05, 4.69) is 15.3 Å². The molecule has 0 aliphatic carbocycles. The molecule has 0 unspecified atom stereocenters. The fourth-order valence-electron chi connectivity index (χ4n) is 1.69. The third-order valence-electron chi connectivity index (χ3n) is 2.72. The van der Waals surface area contributed by atoms with Crippen LogP contribution in [0.1, 0.15) is 0 Å². The lowest BCUT2D eigenvalue weighted by Gasteiger charge is -2.15. The van der Waals surface area contributed by atoms with Gasteiger partial charge in [-0.2, -0.15) is 0 Å². The van der Waals surface area contributed by atoms with Gasteiger partial charge in [-0.15, -0.1) is 0 Å². The van der Waals surface area contributed by atoms with E-state index in [-0.39, 0.29) is 6.29 Å². The molecule has 1 heterocycles. The van der Waals surface area contributed by atoms with Crippen molar-refractivity contribution in [2.45, 2.75) is 6.29 Å². The van der Waals surface area contributed by atoms with Crippen molar-refractivity contribution in [3.8, 4) is 0 Å². The fourth-order valence-corrected chi connectivity index (χ4v) is 1.69. The number of ether oxygens (including phenoxy) is 2. The molecule has 0 fully saturated rings.